The first-order chi connectivity index (χ1) is 6.32. The minimum absolute atomic E-state index is 0.469. The lowest BCUT2D eigenvalue weighted by Crippen LogP contribution is -2.13. The zero-order valence-electron chi connectivity index (χ0n) is 6.62. The maximum atomic E-state index is 12.1. The van der Waals surface area contributed by atoms with E-state index in [0.29, 0.717) is 0 Å². The molecule has 1 aromatic rings. The molecule has 1 heterocycles. The molecule has 78 valence electrons. The normalized spacial score (nSPS) is 12.1. The van der Waals surface area contributed by atoms with Crippen molar-refractivity contribution in [3.63, 3.8) is 0 Å². The van der Waals surface area contributed by atoms with Crippen LogP contribution in [-0.4, -0.2) is 13.4 Å². The summed E-state index contributed by atoms with van der Waals surface area (Å²) in [6, 6.07) is 1.75. The lowest BCUT2D eigenvalue weighted by Gasteiger charge is -2.03. The smallest absolute Gasteiger partial charge is 0.234 e. The molecule has 0 spiro atoms. The highest BCUT2D eigenvalue weighted by molar-refractivity contribution is 7.89. The molecule has 0 aliphatic rings. The largest absolute Gasteiger partial charge is 0.280 e. The summed E-state index contributed by atoms with van der Waals surface area (Å²) in [5.74, 6) is 0. The molecule has 0 atom stereocenters. The van der Waals surface area contributed by atoms with E-state index in [1.54, 1.807) is 0 Å². The molecular formula is C6H5ClF2N2O2S. The summed E-state index contributed by atoms with van der Waals surface area (Å²) in [5.41, 5.74) is -0.595. The number of halogens is 3. The number of hydrogen-bond donors (Lipinski definition) is 1. The Labute approximate surface area is 83.8 Å². The van der Waals surface area contributed by atoms with Gasteiger partial charge in [-0.15, -0.1) is 0 Å². The molecule has 0 saturated carbocycles. The Morgan fingerprint density at radius 1 is 1.43 bits per heavy atom. The van der Waals surface area contributed by atoms with Crippen LogP contribution in [0, 0.1) is 0 Å². The van der Waals surface area contributed by atoms with E-state index in [2.05, 4.69) is 4.98 Å². The van der Waals surface area contributed by atoms with E-state index in [1.165, 1.54) is 0 Å². The Bertz CT molecular complexity index is 449. The van der Waals surface area contributed by atoms with E-state index in [-0.39, 0.29) is 0 Å². The van der Waals surface area contributed by atoms with Gasteiger partial charge in [0.25, 0.3) is 6.43 Å². The summed E-state index contributed by atoms with van der Waals surface area (Å²) >= 11 is 5.35. The summed E-state index contributed by atoms with van der Waals surface area (Å²) in [6.45, 7) is 0. The Morgan fingerprint density at radius 3 is 2.36 bits per heavy atom. The first-order valence-electron chi connectivity index (χ1n) is 3.30. The second kappa shape index (κ2) is 3.76. The zero-order chi connectivity index (χ0) is 10.9. The number of primary sulfonamides is 1. The van der Waals surface area contributed by atoms with Crippen LogP contribution >= 0.6 is 11.6 Å². The van der Waals surface area contributed by atoms with Crippen molar-refractivity contribution in [1.82, 2.24) is 4.98 Å². The first-order valence-corrected chi connectivity index (χ1v) is 5.22. The molecule has 0 amide bonds. The molecule has 0 saturated heterocycles. The van der Waals surface area contributed by atoms with Crippen molar-refractivity contribution >= 4 is 21.6 Å². The first kappa shape index (κ1) is 11.3. The SMILES string of the molecule is NS(=O)(=O)c1ccc(C(F)F)nc1Cl. The van der Waals surface area contributed by atoms with Crippen molar-refractivity contribution in [3.05, 3.63) is 23.0 Å². The summed E-state index contributed by atoms with van der Waals surface area (Å²) in [4.78, 5) is 2.73. The molecule has 0 aliphatic heterocycles. The molecule has 0 radical (unpaired) electrons. The number of sulfonamides is 1. The van der Waals surface area contributed by atoms with Crippen molar-refractivity contribution in [3.8, 4) is 0 Å². The van der Waals surface area contributed by atoms with E-state index in [9.17, 15) is 17.2 Å². The van der Waals surface area contributed by atoms with Gasteiger partial charge in [0, 0.05) is 0 Å². The average molecular weight is 243 g/mol. The maximum Gasteiger partial charge on any atom is 0.280 e. The van der Waals surface area contributed by atoms with E-state index in [0.717, 1.165) is 12.1 Å². The average Bonchev–Trinajstić information content (AvgIpc) is 2.01. The summed E-state index contributed by atoms with van der Waals surface area (Å²) in [7, 11) is -4.02. The second-order valence-electron chi connectivity index (χ2n) is 2.37. The third-order valence-corrected chi connectivity index (χ3v) is 2.71. The number of alkyl halides is 2. The quantitative estimate of drug-likeness (QED) is 0.795. The fraction of sp³-hybridized carbons (Fsp3) is 0.167. The molecule has 2 N–H and O–H groups in total. The maximum absolute atomic E-state index is 12.1. The van der Waals surface area contributed by atoms with Crippen LogP contribution in [-0.2, 0) is 10.0 Å². The molecule has 1 rings (SSSR count). The van der Waals surface area contributed by atoms with Gasteiger partial charge >= 0.3 is 0 Å². The third-order valence-electron chi connectivity index (χ3n) is 1.37. The van der Waals surface area contributed by atoms with Crippen molar-refractivity contribution < 1.29 is 17.2 Å². The van der Waals surface area contributed by atoms with Crippen LogP contribution in [0.3, 0.4) is 0 Å². The van der Waals surface area contributed by atoms with Gasteiger partial charge in [0.15, 0.2) is 0 Å². The number of nitrogens with two attached hydrogens (primary N) is 1. The van der Waals surface area contributed by atoms with Gasteiger partial charge in [0.1, 0.15) is 15.7 Å². The highest BCUT2D eigenvalue weighted by Gasteiger charge is 2.17. The van der Waals surface area contributed by atoms with Crippen LogP contribution in [0.1, 0.15) is 12.1 Å². The molecule has 1 aromatic heterocycles. The van der Waals surface area contributed by atoms with Crippen molar-refractivity contribution in [2.45, 2.75) is 11.3 Å². The van der Waals surface area contributed by atoms with Crippen molar-refractivity contribution in [2.24, 2.45) is 5.14 Å². The number of rotatable bonds is 2. The van der Waals surface area contributed by atoms with Crippen LogP contribution in [0.4, 0.5) is 8.78 Å². The third kappa shape index (κ3) is 2.37. The highest BCUT2D eigenvalue weighted by Crippen LogP contribution is 2.23. The van der Waals surface area contributed by atoms with Gasteiger partial charge < -0.3 is 0 Å². The lowest BCUT2D eigenvalue weighted by atomic mass is 10.4. The van der Waals surface area contributed by atoms with Crippen LogP contribution < -0.4 is 5.14 Å². The van der Waals surface area contributed by atoms with Crippen LogP contribution in [0.5, 0.6) is 0 Å². The number of pyridine rings is 1. The lowest BCUT2D eigenvalue weighted by molar-refractivity contribution is 0.146. The molecule has 0 aromatic carbocycles. The van der Waals surface area contributed by atoms with E-state index in [1.807, 2.05) is 0 Å². The standard InChI is InChI=1S/C6H5ClF2N2O2S/c7-5-4(14(10,12)13)2-1-3(11-5)6(8)9/h1-2,6H,(H2,10,12,13). The Kier molecular flexibility index (Phi) is 3.03. The molecule has 0 unspecified atom stereocenters. The van der Waals surface area contributed by atoms with Gasteiger partial charge in [-0.1, -0.05) is 11.6 Å². The van der Waals surface area contributed by atoms with Crippen LogP contribution in [0.15, 0.2) is 17.0 Å². The molecule has 0 aliphatic carbocycles. The van der Waals surface area contributed by atoms with Crippen molar-refractivity contribution in [2.75, 3.05) is 0 Å². The van der Waals surface area contributed by atoms with Gasteiger partial charge in [-0.2, -0.15) is 0 Å². The van der Waals surface area contributed by atoms with Gasteiger partial charge in [-0.3, -0.25) is 0 Å². The topological polar surface area (TPSA) is 73.1 Å². The zero-order valence-corrected chi connectivity index (χ0v) is 8.19. The summed E-state index contributed by atoms with van der Waals surface area (Å²) in [6.07, 6.45) is -2.80. The van der Waals surface area contributed by atoms with Gasteiger partial charge in [-0.05, 0) is 12.1 Å². The summed E-state index contributed by atoms with van der Waals surface area (Å²) < 4.78 is 45.7. The van der Waals surface area contributed by atoms with E-state index in [4.69, 9.17) is 16.7 Å². The van der Waals surface area contributed by atoms with Crippen molar-refractivity contribution in [1.29, 1.82) is 0 Å². The van der Waals surface area contributed by atoms with Gasteiger partial charge in [0.05, 0.1) is 0 Å². The second-order valence-corrected chi connectivity index (χ2v) is 4.26. The molecule has 0 bridgehead atoms. The van der Waals surface area contributed by atoms with E-state index < -0.39 is 32.2 Å². The number of hydrogen-bond acceptors (Lipinski definition) is 3. The fourth-order valence-electron chi connectivity index (χ4n) is 0.769. The fourth-order valence-corrected chi connectivity index (χ4v) is 1.79. The number of aromatic nitrogens is 1. The van der Waals surface area contributed by atoms with Crippen LogP contribution in [0.2, 0.25) is 5.15 Å². The minimum Gasteiger partial charge on any atom is -0.234 e. The molecule has 0 fully saturated rings. The number of nitrogens with zero attached hydrogens (tertiary/aromatic N) is 1. The predicted molar refractivity (Wildman–Crippen MR) is 45.6 cm³/mol. The van der Waals surface area contributed by atoms with Crippen LogP contribution in [0.25, 0.3) is 0 Å². The predicted octanol–water partition coefficient (Wildman–Crippen LogP) is 1.32. The molecular weight excluding hydrogens is 238 g/mol. The van der Waals surface area contributed by atoms with Gasteiger partial charge in [-0.25, -0.2) is 27.3 Å². The minimum atomic E-state index is -4.02. The highest BCUT2D eigenvalue weighted by atomic mass is 35.5. The molecule has 8 heteroatoms. The monoisotopic (exact) mass is 242 g/mol. The Morgan fingerprint density at radius 2 is 2.00 bits per heavy atom. The molecule has 14 heavy (non-hydrogen) atoms. The molecule has 4 nitrogen and oxygen atoms in total. The summed E-state index contributed by atoms with van der Waals surface area (Å²) in [5, 5.41) is 4.19. The Hall–Kier alpha value is -0.790. The Balaban J connectivity index is 3.28. The van der Waals surface area contributed by atoms with Gasteiger partial charge in [0.2, 0.25) is 10.0 Å². The van der Waals surface area contributed by atoms with E-state index >= 15 is 0 Å².